The van der Waals surface area contributed by atoms with Crippen molar-refractivity contribution in [2.75, 3.05) is 5.73 Å². The normalized spacial score (nSPS) is 11.9. The second kappa shape index (κ2) is 5.48. The molecule has 1 amide bonds. The number of carbonyl (C=O) groups excluding carboxylic acids is 1. The molecule has 0 radical (unpaired) electrons. The second-order valence-corrected chi connectivity index (χ2v) is 4.40. The van der Waals surface area contributed by atoms with Gasteiger partial charge in [0.1, 0.15) is 5.82 Å². The summed E-state index contributed by atoms with van der Waals surface area (Å²) in [7, 11) is 0. The van der Waals surface area contributed by atoms with E-state index in [1.807, 2.05) is 19.1 Å². The summed E-state index contributed by atoms with van der Waals surface area (Å²) in [6.07, 6.45) is 3.43. The summed E-state index contributed by atoms with van der Waals surface area (Å²) >= 11 is 0. The minimum absolute atomic E-state index is 0.115. The van der Waals surface area contributed by atoms with Gasteiger partial charge in [-0.1, -0.05) is 6.07 Å². The quantitative estimate of drug-likeness (QED) is 0.878. The van der Waals surface area contributed by atoms with E-state index >= 15 is 0 Å². The van der Waals surface area contributed by atoms with Crippen LogP contribution in [0.4, 0.5) is 5.82 Å². The summed E-state index contributed by atoms with van der Waals surface area (Å²) in [5.41, 5.74) is 7.83. The zero-order valence-corrected chi connectivity index (χ0v) is 10.9. The van der Waals surface area contributed by atoms with E-state index < -0.39 is 0 Å². The van der Waals surface area contributed by atoms with Gasteiger partial charge in [-0.2, -0.15) is 0 Å². The molecule has 2 rings (SSSR count). The fourth-order valence-electron chi connectivity index (χ4n) is 1.82. The highest BCUT2D eigenvalue weighted by Gasteiger charge is 2.12. The number of anilines is 1. The smallest absolute Gasteiger partial charge is 0.251 e. The van der Waals surface area contributed by atoms with Crippen LogP contribution in [0.25, 0.3) is 0 Å². The molecule has 2 heterocycles. The van der Waals surface area contributed by atoms with E-state index in [9.17, 15) is 4.79 Å². The maximum Gasteiger partial charge on any atom is 0.251 e. The number of nitrogens with one attached hydrogen (secondary N) is 1. The van der Waals surface area contributed by atoms with E-state index in [0.717, 1.165) is 11.3 Å². The van der Waals surface area contributed by atoms with Gasteiger partial charge in [0.05, 0.1) is 6.04 Å². The Bertz CT molecular complexity index is 563. The minimum Gasteiger partial charge on any atom is -0.384 e. The molecule has 2 aromatic heterocycles. The van der Waals surface area contributed by atoms with Crippen LogP contribution in [0.5, 0.6) is 0 Å². The van der Waals surface area contributed by atoms with Crippen LogP contribution >= 0.6 is 0 Å². The third-order valence-electron chi connectivity index (χ3n) is 2.77. The first kappa shape index (κ1) is 13.0. The molecule has 19 heavy (non-hydrogen) atoms. The number of hydrogen-bond donors (Lipinski definition) is 2. The summed E-state index contributed by atoms with van der Waals surface area (Å²) in [5.74, 6) is 0.174. The Labute approximate surface area is 111 Å². The molecule has 0 saturated carbocycles. The molecule has 2 aromatic rings. The van der Waals surface area contributed by atoms with Crippen LogP contribution in [0.2, 0.25) is 0 Å². The summed E-state index contributed by atoms with van der Waals surface area (Å²) in [5, 5.41) is 2.90. The van der Waals surface area contributed by atoms with Crippen molar-refractivity contribution in [3.8, 4) is 0 Å². The lowest BCUT2D eigenvalue weighted by Crippen LogP contribution is -2.27. The Hall–Kier alpha value is -2.43. The third kappa shape index (κ3) is 3.28. The monoisotopic (exact) mass is 256 g/mol. The fraction of sp³-hybridized carbons (Fsp3) is 0.214. The van der Waals surface area contributed by atoms with Crippen molar-refractivity contribution in [1.29, 1.82) is 0 Å². The Balaban J connectivity index is 2.13. The molecule has 0 aliphatic heterocycles. The zero-order chi connectivity index (χ0) is 13.8. The van der Waals surface area contributed by atoms with Crippen molar-refractivity contribution in [2.45, 2.75) is 19.9 Å². The summed E-state index contributed by atoms with van der Waals surface area (Å²) < 4.78 is 0. The molecule has 98 valence electrons. The predicted molar refractivity (Wildman–Crippen MR) is 73.5 cm³/mol. The summed E-state index contributed by atoms with van der Waals surface area (Å²) in [6.45, 7) is 3.71. The number of hydrogen-bond acceptors (Lipinski definition) is 4. The average molecular weight is 256 g/mol. The molecule has 5 nitrogen and oxygen atoms in total. The maximum atomic E-state index is 12.1. The lowest BCUT2D eigenvalue weighted by atomic mass is 10.1. The van der Waals surface area contributed by atoms with Crippen LogP contribution in [0.1, 0.15) is 34.6 Å². The molecule has 0 aliphatic carbocycles. The topological polar surface area (TPSA) is 80.9 Å². The number of amides is 1. The number of rotatable bonds is 3. The van der Waals surface area contributed by atoms with Crippen LogP contribution in [0.3, 0.4) is 0 Å². The first-order chi connectivity index (χ1) is 9.06. The van der Waals surface area contributed by atoms with E-state index in [1.165, 1.54) is 0 Å². The van der Waals surface area contributed by atoms with Gasteiger partial charge in [-0.25, -0.2) is 4.98 Å². The molecule has 0 saturated heterocycles. The summed E-state index contributed by atoms with van der Waals surface area (Å²) in [4.78, 5) is 20.2. The van der Waals surface area contributed by atoms with E-state index in [4.69, 9.17) is 5.73 Å². The van der Waals surface area contributed by atoms with Crippen LogP contribution in [-0.4, -0.2) is 15.9 Å². The number of aryl methyl sites for hydroxylation is 1. The van der Waals surface area contributed by atoms with E-state index in [-0.39, 0.29) is 11.9 Å². The molecule has 0 fully saturated rings. The minimum atomic E-state index is -0.173. The zero-order valence-electron chi connectivity index (χ0n) is 10.9. The number of nitrogen functional groups attached to an aromatic ring is 1. The van der Waals surface area contributed by atoms with Gasteiger partial charge in [-0.05, 0) is 37.6 Å². The van der Waals surface area contributed by atoms with Crippen LogP contribution in [0.15, 0.2) is 36.7 Å². The highest BCUT2D eigenvalue weighted by atomic mass is 16.1. The van der Waals surface area contributed by atoms with Gasteiger partial charge in [0.15, 0.2) is 0 Å². The van der Waals surface area contributed by atoms with Crippen molar-refractivity contribution < 1.29 is 4.79 Å². The number of nitrogens with two attached hydrogens (primary N) is 1. The summed E-state index contributed by atoms with van der Waals surface area (Å²) in [6, 6.07) is 6.92. The van der Waals surface area contributed by atoms with Crippen LogP contribution in [-0.2, 0) is 0 Å². The van der Waals surface area contributed by atoms with Crippen molar-refractivity contribution >= 4 is 11.7 Å². The number of pyridine rings is 2. The van der Waals surface area contributed by atoms with E-state index in [0.29, 0.717) is 11.4 Å². The first-order valence-corrected chi connectivity index (χ1v) is 6.01. The van der Waals surface area contributed by atoms with Crippen LogP contribution in [0, 0.1) is 6.92 Å². The molecule has 0 spiro atoms. The SMILES string of the molecule is Cc1cc(C(=O)NC(C)c2cccnc2)cc(N)n1. The van der Waals surface area contributed by atoms with Crippen molar-refractivity contribution in [3.05, 3.63) is 53.5 Å². The van der Waals surface area contributed by atoms with Gasteiger partial charge < -0.3 is 11.1 Å². The molecule has 3 N–H and O–H groups in total. The molecule has 5 heteroatoms. The second-order valence-electron chi connectivity index (χ2n) is 4.40. The highest BCUT2D eigenvalue weighted by molar-refractivity contribution is 5.95. The van der Waals surface area contributed by atoms with Gasteiger partial charge in [-0.3, -0.25) is 9.78 Å². The number of carbonyl (C=O) groups is 1. The van der Waals surface area contributed by atoms with Crippen molar-refractivity contribution in [2.24, 2.45) is 0 Å². The van der Waals surface area contributed by atoms with Gasteiger partial charge in [-0.15, -0.1) is 0 Å². The fourth-order valence-corrected chi connectivity index (χ4v) is 1.82. The number of nitrogens with zero attached hydrogens (tertiary/aromatic N) is 2. The van der Waals surface area contributed by atoms with Gasteiger partial charge in [0.2, 0.25) is 0 Å². The lowest BCUT2D eigenvalue weighted by Gasteiger charge is -2.14. The third-order valence-corrected chi connectivity index (χ3v) is 2.77. The molecular formula is C14H16N4O. The molecule has 0 bridgehead atoms. The van der Waals surface area contributed by atoms with Gasteiger partial charge >= 0.3 is 0 Å². The molecule has 1 atom stereocenters. The molecule has 0 aliphatic rings. The molecule has 0 aromatic carbocycles. The van der Waals surface area contributed by atoms with E-state index in [1.54, 1.807) is 31.5 Å². The number of aromatic nitrogens is 2. The average Bonchev–Trinajstić information content (AvgIpc) is 2.38. The Morgan fingerprint density at radius 3 is 2.84 bits per heavy atom. The molecular weight excluding hydrogens is 240 g/mol. The lowest BCUT2D eigenvalue weighted by molar-refractivity contribution is 0.0939. The largest absolute Gasteiger partial charge is 0.384 e. The Morgan fingerprint density at radius 1 is 1.42 bits per heavy atom. The standard InChI is InChI=1S/C14H16N4O/c1-9-6-12(7-13(15)17-9)14(19)18-10(2)11-4-3-5-16-8-11/h3-8,10H,1-2H3,(H2,15,17)(H,18,19). The van der Waals surface area contributed by atoms with Crippen molar-refractivity contribution in [1.82, 2.24) is 15.3 Å². The van der Waals surface area contributed by atoms with Gasteiger partial charge in [0, 0.05) is 23.7 Å². The first-order valence-electron chi connectivity index (χ1n) is 6.01. The van der Waals surface area contributed by atoms with Crippen molar-refractivity contribution in [3.63, 3.8) is 0 Å². The van der Waals surface area contributed by atoms with E-state index in [2.05, 4.69) is 15.3 Å². The Kier molecular flexibility index (Phi) is 3.75. The molecule has 1 unspecified atom stereocenters. The Morgan fingerprint density at radius 2 is 2.21 bits per heavy atom. The predicted octanol–water partition coefficient (Wildman–Crippen LogP) is 1.86. The van der Waals surface area contributed by atoms with Gasteiger partial charge in [0.25, 0.3) is 5.91 Å². The van der Waals surface area contributed by atoms with Crippen LogP contribution < -0.4 is 11.1 Å². The maximum absolute atomic E-state index is 12.1. The highest BCUT2D eigenvalue weighted by Crippen LogP contribution is 2.12.